The molecule has 114 valence electrons. The van der Waals surface area contributed by atoms with Crippen LogP contribution in [-0.4, -0.2) is 37.6 Å². The number of imidazole rings is 1. The molecule has 1 saturated heterocycles. The van der Waals surface area contributed by atoms with E-state index in [1.807, 2.05) is 5.38 Å². The summed E-state index contributed by atoms with van der Waals surface area (Å²) < 4.78 is 0. The summed E-state index contributed by atoms with van der Waals surface area (Å²) in [5.41, 5.74) is 1.89. The number of carbonyl (C=O) groups is 1. The SMILES string of the molecule is N#Cc1ccsc1N1CCC(Sc2ncnc3nc[nH]c23)C1=O. The number of fused-ring (bicyclic) bond motifs is 1. The lowest BCUT2D eigenvalue weighted by Crippen LogP contribution is -2.27. The molecule has 1 aliphatic rings. The first kappa shape index (κ1) is 14.2. The third-order valence-electron chi connectivity index (χ3n) is 3.61. The second-order valence-electron chi connectivity index (χ2n) is 4.92. The summed E-state index contributed by atoms with van der Waals surface area (Å²) in [6.07, 6.45) is 3.73. The lowest BCUT2D eigenvalue weighted by Gasteiger charge is -2.14. The van der Waals surface area contributed by atoms with Gasteiger partial charge < -0.3 is 9.88 Å². The standard InChI is InChI=1S/C14H10N6OS2/c15-5-8-2-4-22-14(8)20-3-1-9(13(20)21)23-12-10-11(17-6-16-10)18-7-19-12/h2,4,6-7,9H,1,3H2,(H,16,17,18,19). The van der Waals surface area contributed by atoms with Gasteiger partial charge in [0.15, 0.2) is 5.65 Å². The summed E-state index contributed by atoms with van der Waals surface area (Å²) in [7, 11) is 0. The van der Waals surface area contributed by atoms with Gasteiger partial charge in [0, 0.05) is 6.54 Å². The maximum absolute atomic E-state index is 12.7. The number of thioether (sulfide) groups is 1. The van der Waals surface area contributed by atoms with Crippen LogP contribution in [0.2, 0.25) is 0 Å². The van der Waals surface area contributed by atoms with Crippen LogP contribution in [-0.2, 0) is 4.79 Å². The Morgan fingerprint density at radius 1 is 1.43 bits per heavy atom. The zero-order valence-corrected chi connectivity index (χ0v) is 13.4. The largest absolute Gasteiger partial charge is 0.341 e. The highest BCUT2D eigenvalue weighted by Crippen LogP contribution is 2.37. The highest BCUT2D eigenvalue weighted by molar-refractivity contribution is 8.00. The summed E-state index contributed by atoms with van der Waals surface area (Å²) in [6, 6.07) is 3.88. The molecule has 0 aromatic carbocycles. The van der Waals surface area contributed by atoms with E-state index < -0.39 is 0 Å². The van der Waals surface area contributed by atoms with Gasteiger partial charge in [0.2, 0.25) is 5.91 Å². The average Bonchev–Trinajstić information content (AvgIpc) is 3.28. The number of carbonyl (C=O) groups excluding carboxylic acids is 1. The van der Waals surface area contributed by atoms with Crippen LogP contribution in [0.4, 0.5) is 5.00 Å². The number of hydrogen-bond acceptors (Lipinski definition) is 7. The Morgan fingerprint density at radius 3 is 3.22 bits per heavy atom. The van der Waals surface area contributed by atoms with Crippen LogP contribution >= 0.6 is 23.1 Å². The molecule has 0 aliphatic carbocycles. The highest BCUT2D eigenvalue weighted by atomic mass is 32.2. The Balaban J connectivity index is 1.59. The number of nitriles is 1. The van der Waals surface area contributed by atoms with E-state index >= 15 is 0 Å². The van der Waals surface area contributed by atoms with Gasteiger partial charge in [0.1, 0.15) is 27.9 Å². The van der Waals surface area contributed by atoms with Crippen molar-refractivity contribution in [3.8, 4) is 6.07 Å². The molecule has 1 N–H and O–H groups in total. The van der Waals surface area contributed by atoms with E-state index in [4.69, 9.17) is 5.26 Å². The summed E-state index contributed by atoms with van der Waals surface area (Å²) in [5, 5.41) is 12.2. The van der Waals surface area contributed by atoms with Crippen molar-refractivity contribution in [2.45, 2.75) is 16.7 Å². The zero-order valence-electron chi connectivity index (χ0n) is 11.8. The predicted molar refractivity (Wildman–Crippen MR) is 87.3 cm³/mol. The molecule has 1 unspecified atom stereocenters. The molecule has 23 heavy (non-hydrogen) atoms. The maximum Gasteiger partial charge on any atom is 0.241 e. The number of nitrogens with one attached hydrogen (secondary N) is 1. The normalized spacial score (nSPS) is 17.8. The van der Waals surface area contributed by atoms with Gasteiger partial charge >= 0.3 is 0 Å². The topological polar surface area (TPSA) is 98.6 Å². The van der Waals surface area contributed by atoms with E-state index in [0.29, 0.717) is 24.2 Å². The highest BCUT2D eigenvalue weighted by Gasteiger charge is 2.35. The van der Waals surface area contributed by atoms with Crippen molar-refractivity contribution in [1.29, 1.82) is 5.26 Å². The Hall–Kier alpha value is -2.44. The van der Waals surface area contributed by atoms with Crippen LogP contribution in [0.5, 0.6) is 0 Å². The number of aromatic amines is 1. The molecular formula is C14H10N6OS2. The van der Waals surface area contributed by atoms with E-state index in [1.165, 1.54) is 29.4 Å². The van der Waals surface area contributed by atoms with Gasteiger partial charge in [-0.25, -0.2) is 15.0 Å². The van der Waals surface area contributed by atoms with E-state index in [9.17, 15) is 4.79 Å². The summed E-state index contributed by atoms with van der Waals surface area (Å²) >= 11 is 2.84. The van der Waals surface area contributed by atoms with Crippen LogP contribution in [0.3, 0.4) is 0 Å². The number of hydrogen-bond donors (Lipinski definition) is 1. The predicted octanol–water partition coefficient (Wildman–Crippen LogP) is 2.18. The smallest absolute Gasteiger partial charge is 0.241 e. The molecule has 1 atom stereocenters. The van der Waals surface area contributed by atoms with Gasteiger partial charge in [0.25, 0.3) is 0 Å². The molecule has 1 fully saturated rings. The van der Waals surface area contributed by atoms with Crippen molar-refractivity contribution in [3.63, 3.8) is 0 Å². The van der Waals surface area contributed by atoms with Gasteiger partial charge in [0.05, 0.1) is 17.1 Å². The zero-order chi connectivity index (χ0) is 15.8. The van der Waals surface area contributed by atoms with Gasteiger partial charge in [-0.2, -0.15) is 5.26 Å². The van der Waals surface area contributed by atoms with Gasteiger partial charge in [-0.3, -0.25) is 4.79 Å². The van der Waals surface area contributed by atoms with Gasteiger partial charge in [-0.1, -0.05) is 11.8 Å². The lowest BCUT2D eigenvalue weighted by molar-refractivity contribution is -0.116. The molecule has 0 saturated carbocycles. The van der Waals surface area contributed by atoms with Crippen molar-refractivity contribution in [2.75, 3.05) is 11.4 Å². The van der Waals surface area contributed by atoms with Gasteiger partial charge in [-0.05, 0) is 17.9 Å². The van der Waals surface area contributed by atoms with Crippen LogP contribution in [0.25, 0.3) is 11.2 Å². The molecule has 7 nitrogen and oxygen atoms in total. The van der Waals surface area contributed by atoms with Crippen LogP contribution in [0.1, 0.15) is 12.0 Å². The number of aromatic nitrogens is 4. The third-order valence-corrected chi connectivity index (χ3v) is 5.80. The number of nitrogens with zero attached hydrogens (tertiary/aromatic N) is 5. The van der Waals surface area contributed by atoms with E-state index in [2.05, 4.69) is 26.0 Å². The number of H-pyrrole nitrogens is 1. The lowest BCUT2D eigenvalue weighted by atomic mass is 10.3. The van der Waals surface area contributed by atoms with Crippen LogP contribution in [0, 0.1) is 11.3 Å². The monoisotopic (exact) mass is 342 g/mol. The first-order chi connectivity index (χ1) is 11.3. The number of rotatable bonds is 3. The first-order valence-electron chi connectivity index (χ1n) is 6.87. The van der Waals surface area contributed by atoms with E-state index in [0.717, 1.165) is 15.5 Å². The summed E-state index contributed by atoms with van der Waals surface area (Å²) in [6.45, 7) is 0.614. The number of amides is 1. The summed E-state index contributed by atoms with van der Waals surface area (Å²) in [5.74, 6) is 0.0141. The number of thiophene rings is 1. The first-order valence-corrected chi connectivity index (χ1v) is 8.63. The van der Waals surface area contributed by atoms with Crippen molar-refractivity contribution in [1.82, 2.24) is 19.9 Å². The van der Waals surface area contributed by atoms with Gasteiger partial charge in [-0.15, -0.1) is 11.3 Å². The fourth-order valence-electron chi connectivity index (χ4n) is 2.53. The minimum absolute atomic E-state index is 0.0141. The van der Waals surface area contributed by atoms with Crippen LogP contribution < -0.4 is 4.90 Å². The van der Waals surface area contributed by atoms with Crippen molar-refractivity contribution in [2.24, 2.45) is 0 Å². The molecule has 4 heterocycles. The molecule has 0 radical (unpaired) electrons. The second-order valence-corrected chi connectivity index (χ2v) is 7.00. The molecular weight excluding hydrogens is 332 g/mol. The van der Waals surface area contributed by atoms with Crippen molar-refractivity contribution in [3.05, 3.63) is 29.7 Å². The van der Waals surface area contributed by atoms with E-state index in [1.54, 1.807) is 17.3 Å². The Morgan fingerprint density at radius 2 is 2.35 bits per heavy atom. The minimum atomic E-state index is -0.218. The average molecular weight is 342 g/mol. The molecule has 3 aromatic heterocycles. The van der Waals surface area contributed by atoms with Crippen molar-refractivity contribution < 1.29 is 4.79 Å². The van der Waals surface area contributed by atoms with Crippen LogP contribution in [0.15, 0.2) is 29.1 Å². The van der Waals surface area contributed by atoms with E-state index in [-0.39, 0.29) is 11.2 Å². The maximum atomic E-state index is 12.7. The molecule has 4 rings (SSSR count). The minimum Gasteiger partial charge on any atom is -0.341 e. The molecule has 0 spiro atoms. The quantitative estimate of drug-likeness (QED) is 0.733. The van der Waals surface area contributed by atoms with Crippen molar-refractivity contribution >= 4 is 45.2 Å². The Kier molecular flexibility index (Phi) is 3.48. The molecule has 3 aromatic rings. The molecule has 1 amide bonds. The number of anilines is 1. The third kappa shape index (κ3) is 2.36. The second kappa shape index (κ2) is 5.64. The Bertz CT molecular complexity index is 927. The fraction of sp³-hybridized carbons (Fsp3) is 0.214. The fourth-order valence-corrected chi connectivity index (χ4v) is 4.51. The molecule has 9 heteroatoms. The summed E-state index contributed by atoms with van der Waals surface area (Å²) in [4.78, 5) is 29.8. The molecule has 0 bridgehead atoms. The molecule has 1 aliphatic heterocycles. The Labute approximate surface area is 139 Å².